The van der Waals surface area contributed by atoms with Gasteiger partial charge in [-0.2, -0.15) is 0 Å². The molecule has 0 aliphatic carbocycles. The number of hydrogen-bond acceptors (Lipinski definition) is 6. The molecule has 4 aromatic rings. The monoisotopic (exact) mass is 567 g/mol. The zero-order chi connectivity index (χ0) is 28.8. The van der Waals surface area contributed by atoms with Crippen LogP contribution in [0.4, 0.5) is 5.13 Å². The minimum atomic E-state index is -0.825. The summed E-state index contributed by atoms with van der Waals surface area (Å²) in [5.74, 6) is -0.685. The van der Waals surface area contributed by atoms with Crippen LogP contribution < -0.4 is 10.6 Å². The van der Waals surface area contributed by atoms with Gasteiger partial charge in [-0.3, -0.25) is 19.7 Å². The average molecular weight is 568 g/mol. The molecule has 0 spiro atoms. The van der Waals surface area contributed by atoms with Crippen molar-refractivity contribution in [1.82, 2.24) is 20.1 Å². The van der Waals surface area contributed by atoms with Crippen molar-refractivity contribution in [2.75, 3.05) is 32.5 Å². The van der Waals surface area contributed by atoms with E-state index in [0.717, 1.165) is 41.6 Å². The van der Waals surface area contributed by atoms with E-state index in [1.165, 1.54) is 11.3 Å². The maximum absolute atomic E-state index is 13.8. The number of carbonyl (C=O) groups is 3. The number of amides is 3. The molecule has 1 aliphatic rings. The smallest absolute Gasteiger partial charge is 0.255 e. The summed E-state index contributed by atoms with van der Waals surface area (Å²) < 4.78 is 0. The fraction of sp³-hybridized carbons (Fsp3) is 0.250. The molecule has 41 heavy (non-hydrogen) atoms. The van der Waals surface area contributed by atoms with Crippen LogP contribution in [0.5, 0.6) is 0 Å². The molecule has 9 heteroatoms. The Morgan fingerprint density at radius 1 is 1.00 bits per heavy atom. The summed E-state index contributed by atoms with van der Waals surface area (Å²) in [5, 5.41) is 8.16. The zero-order valence-electron chi connectivity index (χ0n) is 23.2. The first-order valence-corrected chi connectivity index (χ1v) is 14.5. The predicted octanol–water partition coefficient (Wildman–Crippen LogP) is 5.22. The first-order chi connectivity index (χ1) is 19.9. The highest BCUT2D eigenvalue weighted by Crippen LogP contribution is 2.35. The van der Waals surface area contributed by atoms with Crippen molar-refractivity contribution >= 4 is 34.2 Å². The summed E-state index contributed by atoms with van der Waals surface area (Å²) in [7, 11) is 4.07. The summed E-state index contributed by atoms with van der Waals surface area (Å²) in [5.41, 5.74) is 4.19. The zero-order valence-corrected chi connectivity index (χ0v) is 24.0. The Bertz CT molecular complexity index is 1520. The van der Waals surface area contributed by atoms with Gasteiger partial charge in [-0.15, -0.1) is 11.3 Å². The van der Waals surface area contributed by atoms with Gasteiger partial charge in [-0.25, -0.2) is 4.98 Å². The Hall–Kier alpha value is -4.34. The molecular weight excluding hydrogens is 534 g/mol. The Morgan fingerprint density at radius 3 is 2.54 bits per heavy atom. The van der Waals surface area contributed by atoms with Crippen LogP contribution in [0.3, 0.4) is 0 Å². The quantitative estimate of drug-likeness (QED) is 0.243. The number of nitrogens with zero attached hydrogens (tertiary/aromatic N) is 3. The molecule has 1 aromatic heterocycles. The Morgan fingerprint density at radius 2 is 1.78 bits per heavy atom. The third-order valence-electron chi connectivity index (χ3n) is 7.08. The number of hydrogen-bond donors (Lipinski definition) is 2. The minimum Gasteiger partial charge on any atom is -0.352 e. The Labute approximate surface area is 244 Å². The second-order valence-corrected chi connectivity index (χ2v) is 11.2. The van der Waals surface area contributed by atoms with E-state index in [0.29, 0.717) is 29.3 Å². The van der Waals surface area contributed by atoms with Crippen LogP contribution in [0.2, 0.25) is 0 Å². The van der Waals surface area contributed by atoms with Gasteiger partial charge in [-0.05, 0) is 67.9 Å². The number of anilines is 1. The van der Waals surface area contributed by atoms with Crippen LogP contribution in [-0.4, -0.2) is 59.7 Å². The first-order valence-electron chi connectivity index (χ1n) is 13.6. The van der Waals surface area contributed by atoms with Gasteiger partial charge in [0.2, 0.25) is 0 Å². The highest BCUT2D eigenvalue weighted by Gasteiger charge is 2.38. The summed E-state index contributed by atoms with van der Waals surface area (Å²) in [6.45, 7) is 1.88. The van der Waals surface area contributed by atoms with Gasteiger partial charge in [0.15, 0.2) is 5.13 Å². The Balaban J connectivity index is 1.38. The lowest BCUT2D eigenvalue weighted by atomic mass is 9.96. The molecule has 1 atom stereocenters. The number of unbranched alkanes of at least 4 members (excludes halogenated alkanes) is 1. The van der Waals surface area contributed by atoms with Gasteiger partial charge in [0.05, 0.1) is 0 Å². The lowest BCUT2D eigenvalue weighted by molar-refractivity contribution is -0.120. The Kier molecular flexibility index (Phi) is 8.86. The van der Waals surface area contributed by atoms with Crippen molar-refractivity contribution in [3.05, 3.63) is 107 Å². The number of benzene rings is 3. The summed E-state index contributed by atoms with van der Waals surface area (Å²) >= 11 is 1.32. The van der Waals surface area contributed by atoms with Gasteiger partial charge in [-0.1, -0.05) is 60.7 Å². The molecule has 8 nitrogen and oxygen atoms in total. The van der Waals surface area contributed by atoms with Crippen molar-refractivity contribution in [2.45, 2.75) is 25.4 Å². The van der Waals surface area contributed by atoms with Crippen LogP contribution in [0.25, 0.3) is 11.1 Å². The number of carbonyl (C=O) groups excluding carboxylic acids is 3. The second kappa shape index (κ2) is 12.9. The van der Waals surface area contributed by atoms with E-state index in [4.69, 9.17) is 0 Å². The van der Waals surface area contributed by atoms with Gasteiger partial charge in [0, 0.05) is 35.8 Å². The van der Waals surface area contributed by atoms with Crippen LogP contribution in [0.1, 0.15) is 50.7 Å². The van der Waals surface area contributed by atoms with Crippen LogP contribution in [-0.2, 0) is 11.3 Å². The minimum absolute atomic E-state index is 0.137. The van der Waals surface area contributed by atoms with Crippen molar-refractivity contribution in [3.63, 3.8) is 0 Å². The van der Waals surface area contributed by atoms with E-state index in [2.05, 4.69) is 20.5 Å². The topological polar surface area (TPSA) is 94.6 Å². The van der Waals surface area contributed by atoms with Crippen LogP contribution >= 0.6 is 11.3 Å². The number of thiazole rings is 1. The molecular formula is C32H33N5O3S. The first kappa shape index (κ1) is 28.2. The fourth-order valence-corrected chi connectivity index (χ4v) is 5.58. The second-order valence-electron chi connectivity index (χ2n) is 10.3. The van der Waals surface area contributed by atoms with Crippen molar-refractivity contribution in [3.8, 4) is 11.1 Å². The normalized spacial score (nSPS) is 13.2. The standard InChI is InChI=1S/C32H33N5O3S/c1-36(2)18-9-8-16-33-29(38)26-13-7-6-12-25(26)23-14-15-24-21-37(31(40)27(24)20-23)28(22-10-4-3-5-11-22)30(39)35-32-34-17-19-41-32/h3-7,10-15,17,19-20,28H,8-9,16,18,21H2,1-2H3,(H,33,38)(H,34,35,39)/t28-/m1/s1. The van der Waals surface area contributed by atoms with E-state index in [9.17, 15) is 14.4 Å². The third kappa shape index (κ3) is 6.53. The summed E-state index contributed by atoms with van der Waals surface area (Å²) in [6, 6.07) is 21.6. The van der Waals surface area contributed by atoms with Crippen molar-refractivity contribution in [2.24, 2.45) is 0 Å². The molecule has 5 rings (SSSR count). The SMILES string of the molecule is CN(C)CCCCNC(=O)c1ccccc1-c1ccc2c(c1)C(=O)N([C@@H](C(=O)Nc1nccs1)c1ccccc1)C2. The molecule has 0 saturated heterocycles. The number of fused-ring (bicyclic) bond motifs is 1. The molecule has 210 valence electrons. The fourth-order valence-electron chi connectivity index (χ4n) is 5.05. The molecule has 2 heterocycles. The number of nitrogens with one attached hydrogen (secondary N) is 2. The number of rotatable bonds is 11. The molecule has 2 N–H and O–H groups in total. The third-order valence-corrected chi connectivity index (χ3v) is 7.77. The molecule has 0 radical (unpaired) electrons. The lowest BCUT2D eigenvalue weighted by Crippen LogP contribution is -2.37. The molecule has 3 aromatic carbocycles. The van der Waals surface area contributed by atoms with E-state index in [1.54, 1.807) is 22.5 Å². The van der Waals surface area contributed by atoms with Gasteiger partial charge < -0.3 is 15.1 Å². The summed E-state index contributed by atoms with van der Waals surface area (Å²) in [4.78, 5) is 48.3. The largest absolute Gasteiger partial charge is 0.352 e. The van der Waals surface area contributed by atoms with Gasteiger partial charge >= 0.3 is 0 Å². The molecule has 3 amide bonds. The van der Waals surface area contributed by atoms with E-state index < -0.39 is 6.04 Å². The molecule has 1 aliphatic heterocycles. The maximum Gasteiger partial charge on any atom is 0.255 e. The van der Waals surface area contributed by atoms with Crippen molar-refractivity contribution in [1.29, 1.82) is 0 Å². The summed E-state index contributed by atoms with van der Waals surface area (Å²) in [6.07, 6.45) is 3.53. The van der Waals surface area contributed by atoms with Gasteiger partial charge in [0.25, 0.3) is 17.7 Å². The maximum atomic E-state index is 13.8. The highest BCUT2D eigenvalue weighted by atomic mass is 32.1. The average Bonchev–Trinajstić information content (AvgIpc) is 3.61. The van der Waals surface area contributed by atoms with E-state index in [-0.39, 0.29) is 17.7 Å². The number of aromatic nitrogens is 1. The molecule has 0 saturated carbocycles. The predicted molar refractivity (Wildman–Crippen MR) is 162 cm³/mol. The molecule has 0 unspecified atom stereocenters. The van der Waals surface area contributed by atoms with Gasteiger partial charge in [0.1, 0.15) is 6.04 Å². The van der Waals surface area contributed by atoms with Crippen LogP contribution in [0.15, 0.2) is 84.4 Å². The molecule has 0 bridgehead atoms. The van der Waals surface area contributed by atoms with E-state index in [1.807, 2.05) is 80.8 Å². The lowest BCUT2D eigenvalue weighted by Gasteiger charge is -2.27. The van der Waals surface area contributed by atoms with Crippen LogP contribution in [0, 0.1) is 0 Å². The molecule has 0 fully saturated rings. The highest BCUT2D eigenvalue weighted by molar-refractivity contribution is 7.13. The van der Waals surface area contributed by atoms with Crippen molar-refractivity contribution < 1.29 is 14.4 Å². The van der Waals surface area contributed by atoms with E-state index >= 15 is 0 Å².